The summed E-state index contributed by atoms with van der Waals surface area (Å²) in [6.07, 6.45) is 2.98. The molecular formula is C21H23N5O3. The number of aryl methyl sites for hydroxylation is 2. The van der Waals surface area contributed by atoms with E-state index in [2.05, 4.69) is 25.8 Å². The average molecular weight is 393 g/mol. The van der Waals surface area contributed by atoms with Gasteiger partial charge in [0.2, 0.25) is 0 Å². The molecule has 1 aliphatic heterocycles. The van der Waals surface area contributed by atoms with Crippen LogP contribution in [0.1, 0.15) is 30.0 Å². The molecule has 0 saturated carbocycles. The molecule has 1 saturated heterocycles. The molecule has 3 aromatic rings. The molecule has 150 valence electrons. The zero-order chi connectivity index (χ0) is 20.3. The Morgan fingerprint density at radius 3 is 2.48 bits per heavy atom. The second-order valence-electron chi connectivity index (χ2n) is 7.21. The van der Waals surface area contributed by atoms with Crippen LogP contribution in [-0.4, -0.2) is 34.4 Å². The van der Waals surface area contributed by atoms with Crippen LogP contribution in [0.4, 0.5) is 10.5 Å². The van der Waals surface area contributed by atoms with Crippen LogP contribution in [0.25, 0.3) is 11.4 Å². The number of anilines is 1. The molecule has 0 aliphatic carbocycles. The average Bonchev–Trinajstić information content (AvgIpc) is 3.16. The van der Waals surface area contributed by atoms with E-state index in [0.717, 1.165) is 17.0 Å². The van der Waals surface area contributed by atoms with E-state index >= 15 is 0 Å². The van der Waals surface area contributed by atoms with Crippen molar-refractivity contribution in [3.05, 3.63) is 59.7 Å². The molecule has 0 atom stereocenters. The maximum Gasteiger partial charge on any atom is 0.320 e. The van der Waals surface area contributed by atoms with Crippen LogP contribution in [0.5, 0.6) is 0 Å². The van der Waals surface area contributed by atoms with Gasteiger partial charge in [-0.25, -0.2) is 14.8 Å². The van der Waals surface area contributed by atoms with Crippen molar-refractivity contribution in [2.75, 3.05) is 18.5 Å². The Labute approximate surface area is 168 Å². The first kappa shape index (κ1) is 19.1. The highest BCUT2D eigenvalue weighted by atomic mass is 16.5. The van der Waals surface area contributed by atoms with Crippen molar-refractivity contribution in [2.45, 2.75) is 32.2 Å². The minimum absolute atomic E-state index is 0.305. The zero-order valence-corrected chi connectivity index (χ0v) is 16.4. The molecule has 8 heteroatoms. The minimum atomic E-state index is -0.626. The largest absolute Gasteiger partial charge is 0.381 e. The van der Waals surface area contributed by atoms with Crippen molar-refractivity contribution in [2.24, 2.45) is 0 Å². The Morgan fingerprint density at radius 2 is 1.83 bits per heavy atom. The maximum atomic E-state index is 12.7. The summed E-state index contributed by atoms with van der Waals surface area (Å²) in [4.78, 5) is 21.4. The number of nitrogens with one attached hydrogen (secondary N) is 2. The number of hydrogen-bond acceptors (Lipinski definition) is 6. The first-order valence-corrected chi connectivity index (χ1v) is 9.55. The first-order valence-electron chi connectivity index (χ1n) is 9.55. The third kappa shape index (κ3) is 4.27. The number of amides is 2. The van der Waals surface area contributed by atoms with Crippen LogP contribution in [0, 0.1) is 13.8 Å². The molecule has 8 nitrogen and oxygen atoms in total. The Balaban J connectivity index is 1.47. The van der Waals surface area contributed by atoms with E-state index in [-0.39, 0.29) is 6.03 Å². The second-order valence-corrected chi connectivity index (χ2v) is 7.21. The van der Waals surface area contributed by atoms with Gasteiger partial charge in [-0.1, -0.05) is 5.16 Å². The van der Waals surface area contributed by atoms with Crippen LogP contribution < -0.4 is 10.6 Å². The van der Waals surface area contributed by atoms with Gasteiger partial charge in [-0.2, -0.15) is 0 Å². The fourth-order valence-electron chi connectivity index (χ4n) is 3.41. The van der Waals surface area contributed by atoms with E-state index in [4.69, 9.17) is 9.26 Å². The summed E-state index contributed by atoms with van der Waals surface area (Å²) in [5.41, 5.74) is 2.62. The standard InChI is InChI=1S/C21H23N5O3/c1-14-7-10-22-19(23-14)16-3-5-17(6-4-16)24-20(27)25-21(8-11-28-12-9-21)18-13-15(2)26-29-18/h3-7,10,13H,8-9,11-12H2,1-2H3,(H2,24,25,27). The normalized spacial score (nSPS) is 15.7. The molecule has 0 bridgehead atoms. The third-order valence-corrected chi connectivity index (χ3v) is 4.99. The van der Waals surface area contributed by atoms with E-state index in [0.29, 0.717) is 43.3 Å². The number of rotatable bonds is 4. The lowest BCUT2D eigenvalue weighted by atomic mass is 9.87. The summed E-state index contributed by atoms with van der Waals surface area (Å²) in [6.45, 7) is 4.88. The number of carbonyl (C=O) groups excluding carboxylic acids is 1. The van der Waals surface area contributed by atoms with Crippen molar-refractivity contribution < 1.29 is 14.1 Å². The molecule has 3 heterocycles. The lowest BCUT2D eigenvalue weighted by Gasteiger charge is -2.35. The number of hydrogen-bond donors (Lipinski definition) is 2. The van der Waals surface area contributed by atoms with Crippen LogP contribution >= 0.6 is 0 Å². The van der Waals surface area contributed by atoms with Gasteiger partial charge >= 0.3 is 6.03 Å². The highest BCUT2D eigenvalue weighted by molar-refractivity contribution is 5.90. The van der Waals surface area contributed by atoms with Crippen molar-refractivity contribution in [1.82, 2.24) is 20.4 Å². The van der Waals surface area contributed by atoms with Gasteiger partial charge < -0.3 is 19.9 Å². The van der Waals surface area contributed by atoms with Crippen LogP contribution in [0.15, 0.2) is 47.1 Å². The molecule has 4 rings (SSSR count). The fourth-order valence-corrected chi connectivity index (χ4v) is 3.41. The smallest absolute Gasteiger partial charge is 0.320 e. The summed E-state index contributed by atoms with van der Waals surface area (Å²) in [6, 6.07) is 10.8. The number of benzene rings is 1. The minimum Gasteiger partial charge on any atom is -0.381 e. The lowest BCUT2D eigenvalue weighted by Crippen LogP contribution is -2.50. The van der Waals surface area contributed by atoms with Gasteiger partial charge in [-0.3, -0.25) is 0 Å². The van der Waals surface area contributed by atoms with Gasteiger partial charge in [0.25, 0.3) is 0 Å². The third-order valence-electron chi connectivity index (χ3n) is 4.99. The number of carbonyl (C=O) groups is 1. The summed E-state index contributed by atoms with van der Waals surface area (Å²) in [7, 11) is 0. The predicted molar refractivity (Wildman–Crippen MR) is 107 cm³/mol. The van der Waals surface area contributed by atoms with Crippen LogP contribution in [0.3, 0.4) is 0 Å². The molecule has 0 unspecified atom stereocenters. The molecule has 0 spiro atoms. The fraction of sp³-hybridized carbons (Fsp3) is 0.333. The van der Waals surface area contributed by atoms with Gasteiger partial charge in [0, 0.05) is 55.3 Å². The zero-order valence-electron chi connectivity index (χ0n) is 16.4. The summed E-state index contributed by atoms with van der Waals surface area (Å²) in [5.74, 6) is 1.31. The maximum absolute atomic E-state index is 12.7. The van der Waals surface area contributed by atoms with E-state index in [1.807, 2.05) is 50.2 Å². The van der Waals surface area contributed by atoms with Crippen molar-refractivity contribution in [3.8, 4) is 11.4 Å². The van der Waals surface area contributed by atoms with E-state index in [9.17, 15) is 4.79 Å². The Morgan fingerprint density at radius 1 is 1.07 bits per heavy atom. The molecule has 2 N–H and O–H groups in total. The van der Waals surface area contributed by atoms with Crippen molar-refractivity contribution >= 4 is 11.7 Å². The van der Waals surface area contributed by atoms with Crippen LogP contribution in [0.2, 0.25) is 0 Å². The van der Waals surface area contributed by atoms with Gasteiger partial charge in [-0.15, -0.1) is 0 Å². The summed E-state index contributed by atoms with van der Waals surface area (Å²) in [5, 5.41) is 9.94. The van der Waals surface area contributed by atoms with Gasteiger partial charge in [-0.05, 0) is 44.2 Å². The van der Waals surface area contributed by atoms with Crippen molar-refractivity contribution in [3.63, 3.8) is 0 Å². The molecular weight excluding hydrogens is 370 g/mol. The molecule has 2 aromatic heterocycles. The summed E-state index contributed by atoms with van der Waals surface area (Å²) < 4.78 is 10.9. The first-order chi connectivity index (χ1) is 14.0. The van der Waals surface area contributed by atoms with Crippen molar-refractivity contribution in [1.29, 1.82) is 0 Å². The van der Waals surface area contributed by atoms with E-state index in [1.54, 1.807) is 6.20 Å². The topological polar surface area (TPSA) is 102 Å². The monoisotopic (exact) mass is 393 g/mol. The second kappa shape index (κ2) is 8.00. The van der Waals surface area contributed by atoms with Gasteiger partial charge in [0.05, 0.1) is 5.69 Å². The van der Waals surface area contributed by atoms with Gasteiger partial charge in [0.1, 0.15) is 5.54 Å². The molecule has 29 heavy (non-hydrogen) atoms. The SMILES string of the molecule is Cc1cc(C2(NC(=O)Nc3ccc(-c4nccc(C)n4)cc3)CCOCC2)on1. The number of ether oxygens (including phenoxy) is 1. The Hall–Kier alpha value is -3.26. The van der Waals surface area contributed by atoms with E-state index in [1.165, 1.54) is 0 Å². The molecule has 1 aliphatic rings. The van der Waals surface area contributed by atoms with Gasteiger partial charge in [0.15, 0.2) is 11.6 Å². The molecule has 0 radical (unpaired) electrons. The molecule has 2 amide bonds. The van der Waals surface area contributed by atoms with Crippen LogP contribution in [-0.2, 0) is 10.3 Å². The Bertz CT molecular complexity index is 994. The number of urea groups is 1. The lowest BCUT2D eigenvalue weighted by molar-refractivity contribution is 0.0307. The Kier molecular flexibility index (Phi) is 5.26. The highest BCUT2D eigenvalue weighted by Gasteiger charge is 2.39. The molecule has 1 fully saturated rings. The van der Waals surface area contributed by atoms with E-state index < -0.39 is 5.54 Å². The quantitative estimate of drug-likeness (QED) is 0.702. The number of nitrogens with zero attached hydrogens (tertiary/aromatic N) is 3. The summed E-state index contributed by atoms with van der Waals surface area (Å²) >= 11 is 0. The highest BCUT2D eigenvalue weighted by Crippen LogP contribution is 2.32. The number of aromatic nitrogens is 3. The molecule has 1 aromatic carbocycles. The predicted octanol–water partition coefficient (Wildman–Crippen LogP) is 3.58.